The van der Waals surface area contributed by atoms with Gasteiger partial charge in [-0.05, 0) is 70.5 Å². The Morgan fingerprint density at radius 3 is 2.44 bits per heavy atom. The number of hydrogen-bond acceptors (Lipinski definition) is 6. The molecule has 0 amide bonds. The summed E-state index contributed by atoms with van der Waals surface area (Å²) in [6.07, 6.45) is 8.37. The molecule has 2 aromatic heterocycles. The zero-order chi connectivity index (χ0) is 17.1. The molecule has 0 spiro atoms. The van der Waals surface area contributed by atoms with Crippen molar-refractivity contribution in [2.24, 2.45) is 0 Å². The van der Waals surface area contributed by atoms with E-state index in [4.69, 9.17) is 4.52 Å². The zero-order valence-corrected chi connectivity index (χ0v) is 15.0. The van der Waals surface area contributed by atoms with Gasteiger partial charge < -0.3 is 14.3 Å². The summed E-state index contributed by atoms with van der Waals surface area (Å²) < 4.78 is 5.56. The van der Waals surface area contributed by atoms with Crippen molar-refractivity contribution in [1.82, 2.24) is 24.9 Å². The van der Waals surface area contributed by atoms with Crippen LogP contribution in [0.5, 0.6) is 0 Å². The first-order chi connectivity index (χ1) is 12.3. The van der Waals surface area contributed by atoms with E-state index in [9.17, 15) is 0 Å². The van der Waals surface area contributed by atoms with Crippen molar-refractivity contribution >= 4 is 0 Å². The molecular formula is C19H27N5O. The molecule has 2 aromatic rings. The van der Waals surface area contributed by atoms with Gasteiger partial charge in [-0.2, -0.15) is 4.98 Å². The predicted molar refractivity (Wildman–Crippen MR) is 96.2 cm³/mol. The van der Waals surface area contributed by atoms with Crippen LogP contribution < -0.4 is 0 Å². The first-order valence-electron chi connectivity index (χ1n) is 9.54. The average molecular weight is 341 g/mol. The lowest BCUT2D eigenvalue weighted by molar-refractivity contribution is 0.0855. The molecule has 4 rings (SSSR count). The van der Waals surface area contributed by atoms with Crippen LogP contribution in [-0.2, 0) is 0 Å². The number of nitrogens with zero attached hydrogens (tertiary/aromatic N) is 5. The minimum atomic E-state index is 0.398. The highest BCUT2D eigenvalue weighted by Gasteiger charge is 2.30. The van der Waals surface area contributed by atoms with Crippen LogP contribution in [0.3, 0.4) is 0 Å². The van der Waals surface area contributed by atoms with Gasteiger partial charge in [-0.1, -0.05) is 12.1 Å². The van der Waals surface area contributed by atoms with Gasteiger partial charge in [0.2, 0.25) is 11.7 Å². The molecule has 0 N–H and O–H groups in total. The standard InChI is InChI=1S/C19H27N5O/c1-2-23-11-7-17(8-12-23)24-13-5-16(6-14-24)19-21-18(22-25-19)15-3-9-20-10-4-15/h3-4,9-10,16-17H,2,5-8,11-14H2,1H3. The van der Waals surface area contributed by atoms with E-state index in [1.807, 2.05) is 12.1 Å². The van der Waals surface area contributed by atoms with Crippen LogP contribution in [0.25, 0.3) is 11.4 Å². The Bertz CT molecular complexity index is 657. The highest BCUT2D eigenvalue weighted by Crippen LogP contribution is 2.30. The van der Waals surface area contributed by atoms with Gasteiger partial charge in [-0.15, -0.1) is 0 Å². The maximum absolute atomic E-state index is 5.56. The minimum absolute atomic E-state index is 0.398. The van der Waals surface area contributed by atoms with Gasteiger partial charge in [0.15, 0.2) is 0 Å². The topological polar surface area (TPSA) is 58.3 Å². The zero-order valence-electron chi connectivity index (χ0n) is 15.0. The molecule has 134 valence electrons. The van der Waals surface area contributed by atoms with Crippen LogP contribution in [0.4, 0.5) is 0 Å². The molecule has 0 atom stereocenters. The number of rotatable bonds is 4. The monoisotopic (exact) mass is 341 g/mol. The van der Waals surface area contributed by atoms with E-state index in [0.29, 0.717) is 11.7 Å². The molecule has 25 heavy (non-hydrogen) atoms. The van der Waals surface area contributed by atoms with Crippen molar-refractivity contribution in [3.8, 4) is 11.4 Å². The van der Waals surface area contributed by atoms with E-state index in [-0.39, 0.29) is 0 Å². The maximum atomic E-state index is 5.56. The van der Waals surface area contributed by atoms with E-state index in [1.54, 1.807) is 12.4 Å². The summed E-state index contributed by atoms with van der Waals surface area (Å²) in [5.74, 6) is 1.87. The van der Waals surface area contributed by atoms with Gasteiger partial charge in [0, 0.05) is 29.9 Å². The summed E-state index contributed by atoms with van der Waals surface area (Å²) in [7, 11) is 0. The fraction of sp³-hybridized carbons (Fsp3) is 0.632. The molecule has 2 aliphatic heterocycles. The normalized spacial score (nSPS) is 21.6. The van der Waals surface area contributed by atoms with Crippen LogP contribution in [0.15, 0.2) is 29.0 Å². The maximum Gasteiger partial charge on any atom is 0.230 e. The van der Waals surface area contributed by atoms with Crippen molar-refractivity contribution in [2.45, 2.75) is 44.6 Å². The van der Waals surface area contributed by atoms with E-state index in [1.165, 1.54) is 32.5 Å². The summed E-state index contributed by atoms with van der Waals surface area (Å²) in [4.78, 5) is 13.9. The summed E-state index contributed by atoms with van der Waals surface area (Å²) in [5.41, 5.74) is 0.963. The molecule has 0 aliphatic carbocycles. The Labute approximate surface area is 149 Å². The number of aromatic nitrogens is 3. The number of piperidine rings is 2. The van der Waals surface area contributed by atoms with Crippen LogP contribution >= 0.6 is 0 Å². The van der Waals surface area contributed by atoms with Gasteiger partial charge in [0.1, 0.15) is 0 Å². The van der Waals surface area contributed by atoms with Crippen molar-refractivity contribution in [2.75, 3.05) is 32.7 Å². The van der Waals surface area contributed by atoms with Gasteiger partial charge in [0.05, 0.1) is 0 Å². The molecule has 0 unspecified atom stereocenters. The Morgan fingerprint density at radius 2 is 1.76 bits per heavy atom. The van der Waals surface area contributed by atoms with Gasteiger partial charge >= 0.3 is 0 Å². The summed E-state index contributed by atoms with van der Waals surface area (Å²) >= 11 is 0. The lowest BCUT2D eigenvalue weighted by atomic mass is 9.93. The number of likely N-dealkylation sites (tertiary alicyclic amines) is 2. The Hall–Kier alpha value is -1.79. The Kier molecular flexibility index (Phi) is 5.08. The second-order valence-corrected chi connectivity index (χ2v) is 7.17. The Balaban J connectivity index is 1.33. The smallest absolute Gasteiger partial charge is 0.230 e. The molecule has 2 aliphatic rings. The molecular weight excluding hydrogens is 314 g/mol. The SMILES string of the molecule is CCN1CCC(N2CCC(c3nc(-c4ccncc4)no3)CC2)CC1. The lowest BCUT2D eigenvalue weighted by Crippen LogP contribution is -2.47. The first kappa shape index (κ1) is 16.7. The third kappa shape index (κ3) is 3.75. The largest absolute Gasteiger partial charge is 0.339 e. The van der Waals surface area contributed by atoms with Gasteiger partial charge in [-0.3, -0.25) is 4.98 Å². The molecule has 0 saturated carbocycles. The minimum Gasteiger partial charge on any atom is -0.339 e. The number of hydrogen-bond donors (Lipinski definition) is 0. The quantitative estimate of drug-likeness (QED) is 0.852. The fourth-order valence-corrected chi connectivity index (χ4v) is 4.13. The summed E-state index contributed by atoms with van der Waals surface area (Å²) in [6.45, 7) is 8.24. The molecule has 0 aromatic carbocycles. The van der Waals surface area contributed by atoms with E-state index in [0.717, 1.165) is 43.4 Å². The molecule has 4 heterocycles. The average Bonchev–Trinajstić information content (AvgIpc) is 3.19. The van der Waals surface area contributed by atoms with Crippen molar-refractivity contribution in [3.05, 3.63) is 30.4 Å². The van der Waals surface area contributed by atoms with Crippen molar-refractivity contribution in [3.63, 3.8) is 0 Å². The molecule has 0 bridgehead atoms. The second kappa shape index (κ2) is 7.62. The van der Waals surface area contributed by atoms with E-state index >= 15 is 0 Å². The fourth-order valence-electron chi connectivity index (χ4n) is 4.13. The summed E-state index contributed by atoms with van der Waals surface area (Å²) in [5, 5.41) is 4.16. The predicted octanol–water partition coefficient (Wildman–Crippen LogP) is 2.80. The van der Waals surface area contributed by atoms with Crippen LogP contribution in [-0.4, -0.2) is 63.7 Å². The van der Waals surface area contributed by atoms with Crippen molar-refractivity contribution in [1.29, 1.82) is 0 Å². The molecule has 2 saturated heterocycles. The summed E-state index contributed by atoms with van der Waals surface area (Å²) in [6, 6.07) is 4.60. The molecule has 6 nitrogen and oxygen atoms in total. The van der Waals surface area contributed by atoms with Gasteiger partial charge in [-0.25, -0.2) is 0 Å². The van der Waals surface area contributed by atoms with E-state index in [2.05, 4.69) is 31.8 Å². The molecule has 2 fully saturated rings. The third-order valence-corrected chi connectivity index (χ3v) is 5.78. The third-order valence-electron chi connectivity index (χ3n) is 5.78. The van der Waals surface area contributed by atoms with E-state index < -0.39 is 0 Å². The van der Waals surface area contributed by atoms with Crippen LogP contribution in [0.2, 0.25) is 0 Å². The first-order valence-corrected chi connectivity index (χ1v) is 9.54. The number of pyridine rings is 1. The lowest BCUT2D eigenvalue weighted by Gasteiger charge is -2.41. The molecule has 0 radical (unpaired) electrons. The highest BCUT2D eigenvalue weighted by molar-refractivity contribution is 5.52. The second-order valence-electron chi connectivity index (χ2n) is 7.17. The van der Waals surface area contributed by atoms with Gasteiger partial charge in [0.25, 0.3) is 0 Å². The van der Waals surface area contributed by atoms with Crippen LogP contribution in [0, 0.1) is 0 Å². The Morgan fingerprint density at radius 1 is 1.04 bits per heavy atom. The highest BCUT2D eigenvalue weighted by atomic mass is 16.5. The molecule has 6 heteroatoms. The van der Waals surface area contributed by atoms with Crippen molar-refractivity contribution < 1.29 is 4.52 Å². The van der Waals surface area contributed by atoms with Crippen LogP contribution in [0.1, 0.15) is 44.4 Å².